The highest BCUT2D eigenvalue weighted by Gasteiger charge is 2.52. The van der Waals surface area contributed by atoms with Gasteiger partial charge >= 0.3 is 7.12 Å². The number of halogens is 2. The third-order valence-electron chi connectivity index (χ3n) is 4.34. The van der Waals surface area contributed by atoms with Crippen LogP contribution in [0.3, 0.4) is 0 Å². The molecule has 0 atom stereocenters. The predicted molar refractivity (Wildman–Crippen MR) is 90.8 cm³/mol. The van der Waals surface area contributed by atoms with Gasteiger partial charge in [0.1, 0.15) is 0 Å². The van der Waals surface area contributed by atoms with E-state index in [1.165, 1.54) is 0 Å². The van der Waals surface area contributed by atoms with Crippen molar-refractivity contribution in [2.45, 2.75) is 58.8 Å². The van der Waals surface area contributed by atoms with Gasteiger partial charge in [0, 0.05) is 6.04 Å². The van der Waals surface area contributed by atoms with Crippen molar-refractivity contribution in [3.05, 3.63) is 23.8 Å². The number of hydrogen-bond donors (Lipinski definition) is 1. The van der Waals surface area contributed by atoms with Crippen LogP contribution in [0.15, 0.2) is 12.1 Å². The highest BCUT2D eigenvalue weighted by Crippen LogP contribution is 2.36. The zero-order valence-corrected chi connectivity index (χ0v) is 15.4. The molecule has 138 valence electrons. The van der Waals surface area contributed by atoms with E-state index >= 15 is 0 Å². The molecule has 0 aliphatic carbocycles. The Bertz CT molecular complexity index is 625. The average molecular weight is 355 g/mol. The molecule has 1 heterocycles. The van der Waals surface area contributed by atoms with Crippen LogP contribution in [0.2, 0.25) is 0 Å². The maximum atomic E-state index is 14.3. The fraction of sp³-hybridized carbons (Fsp3) is 0.588. The topological polar surface area (TPSA) is 56.8 Å². The molecule has 1 aliphatic heterocycles. The number of amides is 1. The number of benzene rings is 1. The average Bonchev–Trinajstić information content (AvgIpc) is 2.65. The van der Waals surface area contributed by atoms with Crippen LogP contribution in [-0.2, 0) is 14.1 Å². The summed E-state index contributed by atoms with van der Waals surface area (Å²) < 4.78 is 45.1. The van der Waals surface area contributed by atoms with E-state index in [9.17, 15) is 13.6 Å². The first-order valence-corrected chi connectivity index (χ1v) is 8.19. The van der Waals surface area contributed by atoms with E-state index in [0.717, 1.165) is 12.1 Å². The van der Waals surface area contributed by atoms with Crippen LogP contribution in [0.25, 0.3) is 0 Å². The Hall–Kier alpha value is -1.67. The first-order valence-electron chi connectivity index (χ1n) is 8.19. The number of carbonyl (C=O) groups is 1. The summed E-state index contributed by atoms with van der Waals surface area (Å²) in [7, 11) is -0.882. The second kappa shape index (κ2) is 6.92. The lowest BCUT2D eigenvalue weighted by Crippen LogP contribution is -2.41. The molecule has 1 N–H and O–H groups in total. The SMILES string of the molecule is CC(C)NC(=O)COc1c(F)cc(B2OC(C)(C)C(C)(C)O2)cc1F. The maximum Gasteiger partial charge on any atom is 0.495 e. The molecule has 0 radical (unpaired) electrons. The molecule has 0 bridgehead atoms. The van der Waals surface area contributed by atoms with Gasteiger partial charge < -0.3 is 19.4 Å². The van der Waals surface area contributed by atoms with Crippen molar-refractivity contribution in [3.8, 4) is 5.75 Å². The van der Waals surface area contributed by atoms with Crippen molar-refractivity contribution in [1.29, 1.82) is 0 Å². The molecule has 2 rings (SSSR count). The molecule has 1 amide bonds. The smallest absolute Gasteiger partial charge is 0.478 e. The van der Waals surface area contributed by atoms with E-state index in [0.29, 0.717) is 0 Å². The molecule has 1 saturated heterocycles. The molecule has 0 saturated carbocycles. The Morgan fingerprint density at radius 2 is 1.64 bits per heavy atom. The number of nitrogens with one attached hydrogen (secondary N) is 1. The Labute approximate surface area is 147 Å². The van der Waals surface area contributed by atoms with Crippen molar-refractivity contribution in [2.24, 2.45) is 0 Å². The molecule has 8 heteroatoms. The fourth-order valence-corrected chi connectivity index (χ4v) is 2.33. The van der Waals surface area contributed by atoms with E-state index in [1.54, 1.807) is 13.8 Å². The molecule has 1 aromatic rings. The van der Waals surface area contributed by atoms with E-state index in [4.69, 9.17) is 14.0 Å². The van der Waals surface area contributed by atoms with Gasteiger partial charge in [-0.3, -0.25) is 4.79 Å². The quantitative estimate of drug-likeness (QED) is 0.823. The lowest BCUT2D eigenvalue weighted by Gasteiger charge is -2.32. The molecule has 1 aromatic carbocycles. The van der Waals surface area contributed by atoms with Crippen molar-refractivity contribution in [3.63, 3.8) is 0 Å². The highest BCUT2D eigenvalue weighted by molar-refractivity contribution is 6.62. The van der Waals surface area contributed by atoms with Crippen molar-refractivity contribution < 1.29 is 27.6 Å². The van der Waals surface area contributed by atoms with E-state index in [1.807, 2.05) is 27.7 Å². The second-order valence-electron chi connectivity index (χ2n) is 7.41. The largest absolute Gasteiger partial charge is 0.495 e. The van der Waals surface area contributed by atoms with Crippen LogP contribution in [0.1, 0.15) is 41.5 Å². The summed E-state index contributed by atoms with van der Waals surface area (Å²) >= 11 is 0. The van der Waals surface area contributed by atoms with Crippen molar-refractivity contribution in [1.82, 2.24) is 5.32 Å². The first-order chi connectivity index (χ1) is 11.4. The molecule has 1 fully saturated rings. The zero-order chi connectivity index (χ0) is 19.0. The van der Waals surface area contributed by atoms with E-state index in [-0.39, 0.29) is 11.5 Å². The molecule has 0 spiro atoms. The van der Waals surface area contributed by atoms with Gasteiger partial charge in [0.2, 0.25) is 0 Å². The lowest BCUT2D eigenvalue weighted by atomic mass is 9.79. The van der Waals surface area contributed by atoms with Gasteiger partial charge in [-0.1, -0.05) is 0 Å². The van der Waals surface area contributed by atoms with Gasteiger partial charge in [-0.25, -0.2) is 8.78 Å². The van der Waals surface area contributed by atoms with E-state index in [2.05, 4.69) is 5.32 Å². The second-order valence-corrected chi connectivity index (χ2v) is 7.41. The van der Waals surface area contributed by atoms with Crippen molar-refractivity contribution >= 4 is 18.5 Å². The minimum atomic E-state index is -0.915. The first kappa shape index (κ1) is 19.7. The summed E-state index contributed by atoms with van der Waals surface area (Å²) in [6.45, 7) is 10.5. The van der Waals surface area contributed by atoms with Gasteiger partial charge in [-0.15, -0.1) is 0 Å². The van der Waals surface area contributed by atoms with E-state index < -0.39 is 48.2 Å². The van der Waals surface area contributed by atoms with Gasteiger partial charge in [-0.05, 0) is 59.1 Å². The Kier molecular flexibility index (Phi) is 5.44. The zero-order valence-electron chi connectivity index (χ0n) is 15.4. The molecule has 0 unspecified atom stereocenters. The number of ether oxygens (including phenoxy) is 1. The summed E-state index contributed by atoms with van der Waals surface area (Å²) in [5.41, 5.74) is -1.02. The molecule has 1 aliphatic rings. The lowest BCUT2D eigenvalue weighted by molar-refractivity contribution is -0.123. The van der Waals surface area contributed by atoms with Crippen LogP contribution in [0, 0.1) is 11.6 Å². The molecule has 25 heavy (non-hydrogen) atoms. The Morgan fingerprint density at radius 3 is 2.08 bits per heavy atom. The number of hydrogen-bond acceptors (Lipinski definition) is 4. The van der Waals surface area contributed by atoms with Gasteiger partial charge in [0.25, 0.3) is 5.91 Å². The normalized spacial score (nSPS) is 18.5. The van der Waals surface area contributed by atoms with Crippen LogP contribution < -0.4 is 15.5 Å². The summed E-state index contributed by atoms with van der Waals surface area (Å²) in [6, 6.07) is 2.11. The molecular weight excluding hydrogens is 331 g/mol. The molecular formula is C17H24BF2NO4. The molecule has 0 aromatic heterocycles. The van der Waals surface area contributed by atoms with Gasteiger partial charge in [0.15, 0.2) is 24.0 Å². The van der Waals surface area contributed by atoms with Crippen molar-refractivity contribution in [2.75, 3.05) is 6.61 Å². The summed E-state index contributed by atoms with van der Waals surface area (Å²) in [5, 5.41) is 2.58. The third kappa shape index (κ3) is 4.30. The summed E-state index contributed by atoms with van der Waals surface area (Å²) in [4.78, 5) is 11.5. The van der Waals surface area contributed by atoms with Crippen LogP contribution >= 0.6 is 0 Å². The minimum Gasteiger partial charge on any atom is -0.478 e. The van der Waals surface area contributed by atoms with Crippen LogP contribution in [0.5, 0.6) is 5.75 Å². The van der Waals surface area contributed by atoms with Crippen LogP contribution in [-0.4, -0.2) is 36.9 Å². The summed E-state index contributed by atoms with van der Waals surface area (Å²) in [6.07, 6.45) is 0. The summed E-state index contributed by atoms with van der Waals surface area (Å²) in [5.74, 6) is -2.88. The molecule has 5 nitrogen and oxygen atoms in total. The number of carbonyl (C=O) groups excluding carboxylic acids is 1. The Balaban J connectivity index is 2.14. The standard InChI is InChI=1S/C17H24BF2NO4/c1-10(2)21-14(22)9-23-15-12(19)7-11(8-13(15)20)18-24-16(3,4)17(5,6)25-18/h7-8,10H,9H2,1-6H3,(H,21,22). The third-order valence-corrected chi connectivity index (χ3v) is 4.34. The highest BCUT2D eigenvalue weighted by atomic mass is 19.1. The fourth-order valence-electron chi connectivity index (χ4n) is 2.33. The Morgan fingerprint density at radius 1 is 1.16 bits per heavy atom. The van der Waals surface area contributed by atoms with Crippen LogP contribution in [0.4, 0.5) is 8.78 Å². The van der Waals surface area contributed by atoms with Gasteiger partial charge in [-0.2, -0.15) is 0 Å². The van der Waals surface area contributed by atoms with Gasteiger partial charge in [0.05, 0.1) is 11.2 Å². The maximum absolute atomic E-state index is 14.3. The monoisotopic (exact) mass is 355 g/mol. The minimum absolute atomic E-state index is 0.0865. The number of rotatable bonds is 5. The predicted octanol–water partition coefficient (Wildman–Crippen LogP) is 2.17.